The topological polar surface area (TPSA) is 69.7 Å². The Morgan fingerprint density at radius 3 is 2.55 bits per heavy atom. The number of benzene rings is 2. The third-order valence-corrected chi connectivity index (χ3v) is 7.26. The van der Waals surface area contributed by atoms with Gasteiger partial charge >= 0.3 is 0 Å². The summed E-state index contributed by atoms with van der Waals surface area (Å²) in [7, 11) is -3.66. The Kier molecular flexibility index (Phi) is 8.35. The Morgan fingerprint density at radius 1 is 1.21 bits per heavy atom. The van der Waals surface area contributed by atoms with Crippen molar-refractivity contribution in [1.29, 1.82) is 0 Å². The van der Waals surface area contributed by atoms with Crippen molar-refractivity contribution in [1.82, 2.24) is 5.32 Å². The summed E-state index contributed by atoms with van der Waals surface area (Å²) < 4.78 is 39.4. The number of anilines is 2. The van der Waals surface area contributed by atoms with E-state index < -0.39 is 15.8 Å². The Morgan fingerprint density at radius 2 is 1.91 bits per heavy atom. The van der Waals surface area contributed by atoms with Crippen molar-refractivity contribution in [3.8, 4) is 0 Å². The van der Waals surface area contributed by atoms with E-state index in [4.69, 9.17) is 0 Å². The van der Waals surface area contributed by atoms with Crippen LogP contribution in [0, 0.1) is 11.7 Å². The summed E-state index contributed by atoms with van der Waals surface area (Å²) in [4.78, 5) is 14.9. The number of carbonyl (C=O) groups excluding carboxylic acids is 1. The molecule has 1 N–H and O–H groups in total. The minimum Gasteiger partial charge on any atom is -0.371 e. The first-order valence-corrected chi connectivity index (χ1v) is 13.4. The lowest BCUT2D eigenvalue weighted by Gasteiger charge is -2.33. The number of nitrogens with one attached hydrogen (secondary N) is 1. The maximum absolute atomic E-state index is 14.1. The number of hydrogen-bond acceptors (Lipinski definition) is 4. The molecule has 1 fully saturated rings. The van der Waals surface area contributed by atoms with Crippen LogP contribution in [0.4, 0.5) is 15.8 Å². The lowest BCUT2D eigenvalue weighted by atomic mass is 9.99. The van der Waals surface area contributed by atoms with Gasteiger partial charge in [0.1, 0.15) is 5.82 Å². The molecule has 0 unspecified atom stereocenters. The third kappa shape index (κ3) is 6.93. The Bertz CT molecular complexity index is 1040. The lowest BCUT2D eigenvalue weighted by Crippen LogP contribution is -2.34. The highest BCUT2D eigenvalue weighted by atomic mass is 32.2. The number of piperidine rings is 1. The van der Waals surface area contributed by atoms with E-state index in [1.54, 1.807) is 6.07 Å². The number of sulfonamides is 1. The largest absolute Gasteiger partial charge is 0.371 e. The fourth-order valence-corrected chi connectivity index (χ4v) is 5.26. The zero-order chi connectivity index (χ0) is 24.0. The number of para-hydroxylation sites is 1. The summed E-state index contributed by atoms with van der Waals surface area (Å²) in [5, 5.41) is 2.97. The molecule has 6 nitrogen and oxygen atoms in total. The molecular weight excluding hydrogens is 441 g/mol. The van der Waals surface area contributed by atoms with Crippen molar-refractivity contribution in [3.05, 3.63) is 59.9 Å². The van der Waals surface area contributed by atoms with Crippen LogP contribution >= 0.6 is 0 Å². The van der Waals surface area contributed by atoms with Crippen LogP contribution < -0.4 is 14.5 Å². The van der Waals surface area contributed by atoms with E-state index in [1.807, 2.05) is 19.1 Å². The van der Waals surface area contributed by atoms with E-state index in [1.165, 1.54) is 36.7 Å². The Labute approximate surface area is 196 Å². The van der Waals surface area contributed by atoms with Crippen LogP contribution in [-0.4, -0.2) is 40.2 Å². The number of hydrogen-bond donors (Lipinski definition) is 1. The molecule has 0 aromatic heterocycles. The van der Waals surface area contributed by atoms with Crippen LogP contribution in [0.25, 0.3) is 0 Å². The van der Waals surface area contributed by atoms with Gasteiger partial charge in [-0.3, -0.25) is 9.10 Å². The van der Waals surface area contributed by atoms with Crippen molar-refractivity contribution >= 4 is 27.3 Å². The second kappa shape index (κ2) is 11.0. The second-order valence-corrected chi connectivity index (χ2v) is 10.9. The molecule has 1 amide bonds. The van der Waals surface area contributed by atoms with Gasteiger partial charge in [-0.05, 0) is 61.9 Å². The maximum atomic E-state index is 14.1. The van der Waals surface area contributed by atoms with Crippen LogP contribution in [-0.2, 0) is 14.8 Å². The Hall–Kier alpha value is -2.61. The van der Waals surface area contributed by atoms with Gasteiger partial charge in [0.05, 0.1) is 18.0 Å². The molecule has 3 rings (SSSR count). The highest BCUT2D eigenvalue weighted by Gasteiger charge is 2.21. The molecule has 0 aliphatic carbocycles. The molecule has 0 saturated carbocycles. The average Bonchev–Trinajstić information content (AvgIpc) is 2.77. The molecule has 1 aliphatic rings. The molecule has 1 saturated heterocycles. The molecule has 8 heteroatoms. The van der Waals surface area contributed by atoms with Crippen LogP contribution in [0.1, 0.15) is 51.1 Å². The molecule has 1 aliphatic heterocycles. The van der Waals surface area contributed by atoms with E-state index >= 15 is 0 Å². The summed E-state index contributed by atoms with van der Waals surface area (Å²) >= 11 is 0. The molecule has 2 aromatic carbocycles. The molecular formula is C25H34FN3O3S. The summed E-state index contributed by atoms with van der Waals surface area (Å²) in [5.74, 6) is -0.0736. The van der Waals surface area contributed by atoms with Crippen LogP contribution in [0.5, 0.6) is 0 Å². The predicted octanol–water partition coefficient (Wildman–Crippen LogP) is 4.49. The van der Waals surface area contributed by atoms with Crippen molar-refractivity contribution < 1.29 is 17.6 Å². The van der Waals surface area contributed by atoms with Gasteiger partial charge in [-0.25, -0.2) is 12.8 Å². The van der Waals surface area contributed by atoms with Crippen molar-refractivity contribution in [2.75, 3.05) is 35.1 Å². The summed E-state index contributed by atoms with van der Waals surface area (Å²) in [5.41, 5.74) is 2.22. The van der Waals surface area contributed by atoms with E-state index in [-0.39, 0.29) is 37.0 Å². The van der Waals surface area contributed by atoms with Crippen LogP contribution in [0.15, 0.2) is 48.5 Å². The van der Waals surface area contributed by atoms with E-state index in [2.05, 4.69) is 29.3 Å². The summed E-state index contributed by atoms with van der Waals surface area (Å²) in [6.07, 6.45) is 3.96. The highest BCUT2D eigenvalue weighted by molar-refractivity contribution is 7.92. The monoisotopic (exact) mass is 475 g/mol. The predicted molar refractivity (Wildman–Crippen MR) is 131 cm³/mol. The number of amides is 1. The first-order chi connectivity index (χ1) is 15.6. The van der Waals surface area contributed by atoms with Gasteiger partial charge in [0.2, 0.25) is 15.9 Å². The van der Waals surface area contributed by atoms with Crippen molar-refractivity contribution in [2.24, 2.45) is 5.92 Å². The first kappa shape index (κ1) is 25.0. The van der Waals surface area contributed by atoms with Gasteiger partial charge in [0, 0.05) is 31.7 Å². The van der Waals surface area contributed by atoms with Gasteiger partial charge in [0.25, 0.3) is 0 Å². The summed E-state index contributed by atoms with van der Waals surface area (Å²) in [6, 6.07) is 13.9. The first-order valence-electron chi connectivity index (χ1n) is 11.5. The number of rotatable bonds is 9. The normalized spacial score (nSPS) is 17.5. The van der Waals surface area contributed by atoms with Gasteiger partial charge in [-0.2, -0.15) is 0 Å². The zero-order valence-electron chi connectivity index (χ0n) is 19.6. The van der Waals surface area contributed by atoms with Gasteiger partial charge < -0.3 is 10.2 Å². The van der Waals surface area contributed by atoms with Crippen molar-refractivity contribution in [2.45, 2.75) is 45.6 Å². The Balaban J connectivity index is 1.52. The fourth-order valence-electron chi connectivity index (χ4n) is 4.30. The van der Waals surface area contributed by atoms with E-state index in [9.17, 15) is 17.6 Å². The number of halogens is 1. The molecule has 1 heterocycles. The van der Waals surface area contributed by atoms with Crippen LogP contribution in [0.2, 0.25) is 0 Å². The average molecular weight is 476 g/mol. The lowest BCUT2D eigenvalue weighted by molar-refractivity contribution is -0.121. The maximum Gasteiger partial charge on any atom is 0.232 e. The van der Waals surface area contributed by atoms with E-state index in [0.717, 1.165) is 29.2 Å². The zero-order valence-corrected chi connectivity index (χ0v) is 20.4. The quantitative estimate of drug-likeness (QED) is 0.580. The second-order valence-electron chi connectivity index (χ2n) is 8.96. The fraction of sp³-hybridized carbons (Fsp3) is 0.480. The van der Waals surface area contributed by atoms with Crippen molar-refractivity contribution in [3.63, 3.8) is 0 Å². The molecule has 180 valence electrons. The molecule has 0 radical (unpaired) electrons. The van der Waals surface area contributed by atoms with E-state index in [0.29, 0.717) is 5.92 Å². The SMILES string of the molecule is C[C@@H]1CCCN(c2ccc([C@@H](C)NC(=O)CCCN(c3ccccc3F)S(C)(=O)=O)cc2)C1. The number of nitrogens with zero attached hydrogens (tertiary/aromatic N) is 2. The molecule has 0 spiro atoms. The highest BCUT2D eigenvalue weighted by Crippen LogP contribution is 2.25. The smallest absolute Gasteiger partial charge is 0.232 e. The number of carbonyl (C=O) groups is 1. The standard InChI is InChI=1S/C25H34FN3O3S/c1-19-8-6-16-28(18-19)22-14-12-21(13-15-22)20(2)27-25(30)11-7-17-29(33(3,31)32)24-10-5-4-9-23(24)26/h4-5,9-10,12-15,19-20H,6-8,11,16-18H2,1-3H3,(H,27,30)/t19-,20-/m1/s1. The minimum absolute atomic E-state index is 0.00281. The molecule has 2 aromatic rings. The molecule has 33 heavy (non-hydrogen) atoms. The van der Waals surface area contributed by atoms with Gasteiger partial charge in [-0.1, -0.05) is 31.2 Å². The third-order valence-electron chi connectivity index (χ3n) is 6.08. The molecule has 2 atom stereocenters. The van der Waals surface area contributed by atoms with Gasteiger partial charge in [0.15, 0.2) is 0 Å². The van der Waals surface area contributed by atoms with Crippen LogP contribution in [0.3, 0.4) is 0 Å². The summed E-state index contributed by atoms with van der Waals surface area (Å²) in [6.45, 7) is 6.39. The minimum atomic E-state index is -3.66. The van der Waals surface area contributed by atoms with Gasteiger partial charge in [-0.15, -0.1) is 0 Å². The molecule has 0 bridgehead atoms.